The molecule has 14 heavy (non-hydrogen) atoms. The molecule has 0 saturated carbocycles. The molecule has 1 rings (SSSR count). The highest BCUT2D eigenvalue weighted by atomic mass is 19.4. The number of halogens is 3. The first kappa shape index (κ1) is 11.0. The highest BCUT2D eigenvalue weighted by molar-refractivity contribution is 5.21. The van der Waals surface area contributed by atoms with Gasteiger partial charge in [0.15, 0.2) is 0 Å². The second kappa shape index (κ2) is 3.98. The zero-order valence-corrected chi connectivity index (χ0v) is 8.10. The number of hydrogen-bond donors (Lipinski definition) is 0. The van der Waals surface area contributed by atoms with Crippen LogP contribution in [0.2, 0.25) is 0 Å². The molecule has 0 bridgehead atoms. The van der Waals surface area contributed by atoms with Crippen molar-refractivity contribution in [2.45, 2.75) is 32.4 Å². The van der Waals surface area contributed by atoms with Gasteiger partial charge in [0.25, 0.3) is 0 Å². The van der Waals surface area contributed by atoms with Crippen molar-refractivity contribution in [3.8, 4) is 0 Å². The Labute approximate surface area is 81.0 Å². The molecule has 78 valence electrons. The summed E-state index contributed by atoms with van der Waals surface area (Å²) in [5.74, 6) is 0.0669. The summed E-state index contributed by atoms with van der Waals surface area (Å²) < 4.78 is 36.9. The minimum atomic E-state index is -4.27. The largest absolute Gasteiger partial charge is 0.416 e. The van der Waals surface area contributed by atoms with Crippen LogP contribution in [-0.2, 0) is 6.18 Å². The predicted octanol–water partition coefficient (Wildman–Crippen LogP) is 3.61. The van der Waals surface area contributed by atoms with E-state index in [2.05, 4.69) is 4.98 Å². The van der Waals surface area contributed by atoms with Gasteiger partial charge in [-0.25, -0.2) is 0 Å². The van der Waals surface area contributed by atoms with Gasteiger partial charge in [0.05, 0.1) is 5.56 Å². The lowest BCUT2D eigenvalue weighted by atomic mass is 10.0. The van der Waals surface area contributed by atoms with E-state index in [9.17, 15) is 13.2 Å². The maximum atomic E-state index is 12.3. The van der Waals surface area contributed by atoms with Crippen molar-refractivity contribution in [1.82, 2.24) is 4.98 Å². The van der Waals surface area contributed by atoms with E-state index in [-0.39, 0.29) is 5.92 Å². The Hall–Kier alpha value is -1.06. The van der Waals surface area contributed by atoms with Gasteiger partial charge in [-0.1, -0.05) is 13.8 Å². The van der Waals surface area contributed by atoms with Crippen molar-refractivity contribution >= 4 is 0 Å². The Morgan fingerprint density at radius 3 is 2.57 bits per heavy atom. The Bertz CT molecular complexity index is 306. The molecule has 1 aromatic rings. The van der Waals surface area contributed by atoms with Gasteiger partial charge >= 0.3 is 6.18 Å². The molecule has 1 nitrogen and oxygen atoms in total. The fourth-order valence-electron chi connectivity index (χ4n) is 1.10. The van der Waals surface area contributed by atoms with E-state index in [4.69, 9.17) is 0 Å². The number of aromatic nitrogens is 1. The summed E-state index contributed by atoms with van der Waals surface area (Å²) in [5.41, 5.74) is -0.120. The maximum absolute atomic E-state index is 12.3. The van der Waals surface area contributed by atoms with Crippen molar-refractivity contribution in [3.05, 3.63) is 29.6 Å². The summed E-state index contributed by atoms with van der Waals surface area (Å²) in [6.07, 6.45) is -2.27. The Balaban J connectivity index is 3.01. The lowest BCUT2D eigenvalue weighted by Gasteiger charge is -2.11. The first-order valence-corrected chi connectivity index (χ1v) is 4.48. The molecule has 1 aromatic heterocycles. The van der Waals surface area contributed by atoms with Gasteiger partial charge in [-0.3, -0.25) is 4.98 Å². The van der Waals surface area contributed by atoms with E-state index >= 15 is 0 Å². The SMILES string of the molecule is CCC(C)c1cc(C(F)(F)F)ccn1. The molecular formula is C10H12F3N. The topological polar surface area (TPSA) is 12.9 Å². The van der Waals surface area contributed by atoms with Crippen molar-refractivity contribution < 1.29 is 13.2 Å². The number of alkyl halides is 3. The molecule has 0 fully saturated rings. The molecule has 0 amide bonds. The van der Waals surface area contributed by atoms with Gasteiger partial charge in [0.2, 0.25) is 0 Å². The Morgan fingerprint density at radius 1 is 1.43 bits per heavy atom. The third-order valence-electron chi connectivity index (χ3n) is 2.23. The number of pyridine rings is 1. The summed E-state index contributed by atoms with van der Waals surface area (Å²) in [6.45, 7) is 3.79. The molecule has 0 aliphatic heterocycles. The fourth-order valence-corrected chi connectivity index (χ4v) is 1.10. The van der Waals surface area contributed by atoms with Crippen molar-refractivity contribution in [2.75, 3.05) is 0 Å². The van der Waals surface area contributed by atoms with Crippen LogP contribution in [-0.4, -0.2) is 4.98 Å². The quantitative estimate of drug-likeness (QED) is 0.715. The zero-order chi connectivity index (χ0) is 10.8. The third kappa shape index (κ3) is 2.47. The highest BCUT2D eigenvalue weighted by Crippen LogP contribution is 2.30. The van der Waals surface area contributed by atoms with Crippen LogP contribution >= 0.6 is 0 Å². The molecule has 1 atom stereocenters. The average Bonchev–Trinajstić information content (AvgIpc) is 2.15. The Morgan fingerprint density at radius 2 is 2.07 bits per heavy atom. The monoisotopic (exact) mass is 203 g/mol. The molecule has 0 radical (unpaired) electrons. The van der Waals surface area contributed by atoms with E-state index in [1.54, 1.807) is 0 Å². The molecule has 4 heteroatoms. The van der Waals surface area contributed by atoms with Crippen LogP contribution in [0, 0.1) is 0 Å². The van der Waals surface area contributed by atoms with Gasteiger partial charge in [0, 0.05) is 11.9 Å². The van der Waals surface area contributed by atoms with Crippen LogP contribution in [0.15, 0.2) is 18.3 Å². The number of hydrogen-bond acceptors (Lipinski definition) is 1. The average molecular weight is 203 g/mol. The minimum absolute atomic E-state index is 0.0669. The normalized spacial score (nSPS) is 14.1. The van der Waals surface area contributed by atoms with Gasteiger partial charge < -0.3 is 0 Å². The van der Waals surface area contributed by atoms with Crippen LogP contribution in [0.1, 0.15) is 37.4 Å². The summed E-state index contributed by atoms with van der Waals surface area (Å²) in [4.78, 5) is 3.92. The highest BCUT2D eigenvalue weighted by Gasteiger charge is 2.30. The Kier molecular flexibility index (Phi) is 3.13. The van der Waals surface area contributed by atoms with Crippen molar-refractivity contribution in [1.29, 1.82) is 0 Å². The molecule has 1 heterocycles. The molecule has 0 aromatic carbocycles. The first-order valence-electron chi connectivity index (χ1n) is 4.48. The van der Waals surface area contributed by atoms with E-state index in [0.29, 0.717) is 5.69 Å². The van der Waals surface area contributed by atoms with Gasteiger partial charge in [0.1, 0.15) is 0 Å². The van der Waals surface area contributed by atoms with Gasteiger partial charge in [-0.2, -0.15) is 13.2 Å². The molecule has 0 N–H and O–H groups in total. The van der Waals surface area contributed by atoms with Gasteiger partial charge in [-0.05, 0) is 24.5 Å². The molecule has 0 spiro atoms. The van der Waals surface area contributed by atoms with Crippen LogP contribution in [0.5, 0.6) is 0 Å². The van der Waals surface area contributed by atoms with E-state index in [1.807, 2.05) is 13.8 Å². The van der Waals surface area contributed by atoms with E-state index in [0.717, 1.165) is 18.6 Å². The standard InChI is InChI=1S/C10H12F3N/c1-3-7(2)9-6-8(4-5-14-9)10(11,12)13/h4-7H,3H2,1-2H3. The minimum Gasteiger partial charge on any atom is -0.261 e. The van der Waals surface area contributed by atoms with E-state index in [1.165, 1.54) is 6.20 Å². The molecular weight excluding hydrogens is 191 g/mol. The van der Waals surface area contributed by atoms with Crippen LogP contribution in [0.25, 0.3) is 0 Å². The van der Waals surface area contributed by atoms with E-state index < -0.39 is 11.7 Å². The number of rotatable bonds is 2. The molecule has 0 aliphatic rings. The fraction of sp³-hybridized carbons (Fsp3) is 0.500. The maximum Gasteiger partial charge on any atom is 0.416 e. The molecule has 1 unspecified atom stereocenters. The summed E-state index contributed by atoms with van der Waals surface area (Å²) >= 11 is 0. The summed E-state index contributed by atoms with van der Waals surface area (Å²) in [5, 5.41) is 0. The molecule has 0 aliphatic carbocycles. The van der Waals surface area contributed by atoms with Crippen molar-refractivity contribution in [2.24, 2.45) is 0 Å². The number of nitrogens with zero attached hydrogens (tertiary/aromatic N) is 1. The van der Waals surface area contributed by atoms with Crippen LogP contribution in [0.4, 0.5) is 13.2 Å². The first-order chi connectivity index (χ1) is 6.45. The second-order valence-electron chi connectivity index (χ2n) is 3.28. The van der Waals surface area contributed by atoms with Crippen LogP contribution < -0.4 is 0 Å². The molecule has 0 saturated heterocycles. The smallest absolute Gasteiger partial charge is 0.261 e. The summed E-state index contributed by atoms with van der Waals surface area (Å²) in [7, 11) is 0. The lowest BCUT2D eigenvalue weighted by molar-refractivity contribution is -0.137. The second-order valence-corrected chi connectivity index (χ2v) is 3.28. The van der Waals surface area contributed by atoms with Gasteiger partial charge in [-0.15, -0.1) is 0 Å². The van der Waals surface area contributed by atoms with Crippen molar-refractivity contribution in [3.63, 3.8) is 0 Å². The summed E-state index contributed by atoms with van der Waals surface area (Å²) in [6, 6.07) is 2.11. The zero-order valence-electron chi connectivity index (χ0n) is 8.10. The lowest BCUT2D eigenvalue weighted by Crippen LogP contribution is -2.07. The third-order valence-corrected chi connectivity index (χ3v) is 2.23. The predicted molar refractivity (Wildman–Crippen MR) is 47.9 cm³/mol. The van der Waals surface area contributed by atoms with Crippen LogP contribution in [0.3, 0.4) is 0 Å².